The first-order chi connectivity index (χ1) is 7.66. The Balaban J connectivity index is 1.69. The lowest BCUT2D eigenvalue weighted by Gasteiger charge is -2.05. The highest BCUT2D eigenvalue weighted by Gasteiger charge is 2.21. The van der Waals surface area contributed by atoms with Gasteiger partial charge >= 0.3 is 0 Å². The standard InChI is InChI=1S/C8H14N4O3S/c13-16(14,4-3-9-7-1-2-7)11-5-8-10-6-15-12-8/h6-7,9,11H,1-5H2. The van der Waals surface area contributed by atoms with Gasteiger partial charge in [0.1, 0.15) is 0 Å². The molecule has 0 amide bonds. The maximum atomic E-state index is 11.5. The van der Waals surface area contributed by atoms with Gasteiger partial charge < -0.3 is 9.84 Å². The lowest BCUT2D eigenvalue weighted by Crippen LogP contribution is -2.32. The second kappa shape index (κ2) is 4.89. The first-order valence-corrected chi connectivity index (χ1v) is 6.77. The van der Waals surface area contributed by atoms with E-state index in [1.165, 1.54) is 0 Å². The molecule has 7 nitrogen and oxygen atoms in total. The highest BCUT2D eigenvalue weighted by Crippen LogP contribution is 2.17. The Bertz CT molecular complexity index is 413. The van der Waals surface area contributed by atoms with Crippen molar-refractivity contribution >= 4 is 10.0 Å². The molecule has 0 unspecified atom stereocenters. The third-order valence-electron chi connectivity index (χ3n) is 2.24. The molecule has 1 aromatic rings. The Kier molecular flexibility index (Phi) is 3.52. The van der Waals surface area contributed by atoms with Crippen molar-refractivity contribution in [3.8, 4) is 0 Å². The molecule has 1 aliphatic carbocycles. The molecular weight excluding hydrogens is 232 g/mol. The Morgan fingerprint density at radius 3 is 2.94 bits per heavy atom. The fraction of sp³-hybridized carbons (Fsp3) is 0.750. The molecule has 0 radical (unpaired) electrons. The van der Waals surface area contributed by atoms with Crippen LogP contribution in [0.3, 0.4) is 0 Å². The summed E-state index contributed by atoms with van der Waals surface area (Å²) in [7, 11) is -3.26. The Hall–Kier alpha value is -0.990. The largest absolute Gasteiger partial charge is 0.343 e. The van der Waals surface area contributed by atoms with Crippen LogP contribution in [0.5, 0.6) is 0 Å². The summed E-state index contributed by atoms with van der Waals surface area (Å²) in [6.45, 7) is 0.550. The van der Waals surface area contributed by atoms with Crippen molar-refractivity contribution in [3.63, 3.8) is 0 Å². The quantitative estimate of drug-likeness (QED) is 0.656. The van der Waals surface area contributed by atoms with Crippen molar-refractivity contribution in [1.82, 2.24) is 20.2 Å². The number of hydrogen-bond donors (Lipinski definition) is 2. The van der Waals surface area contributed by atoms with Crippen LogP contribution in [0.2, 0.25) is 0 Å². The predicted octanol–water partition coefficient (Wildman–Crippen LogP) is -0.759. The first kappa shape index (κ1) is 11.5. The summed E-state index contributed by atoms with van der Waals surface area (Å²) >= 11 is 0. The maximum Gasteiger partial charge on any atom is 0.213 e. The number of nitrogens with zero attached hydrogens (tertiary/aromatic N) is 2. The van der Waals surface area contributed by atoms with Gasteiger partial charge in [0.15, 0.2) is 5.82 Å². The van der Waals surface area contributed by atoms with E-state index in [2.05, 4.69) is 24.7 Å². The number of sulfonamides is 1. The van der Waals surface area contributed by atoms with Gasteiger partial charge in [0.05, 0.1) is 12.3 Å². The number of rotatable bonds is 7. The molecule has 0 saturated heterocycles. The van der Waals surface area contributed by atoms with Crippen LogP contribution in [-0.2, 0) is 16.6 Å². The van der Waals surface area contributed by atoms with Crippen LogP contribution in [0.15, 0.2) is 10.9 Å². The summed E-state index contributed by atoms with van der Waals surface area (Å²) in [5.41, 5.74) is 0. The van der Waals surface area contributed by atoms with Crippen LogP contribution in [0, 0.1) is 0 Å². The van der Waals surface area contributed by atoms with Crippen LogP contribution in [0.4, 0.5) is 0 Å². The minimum Gasteiger partial charge on any atom is -0.343 e. The molecule has 0 bridgehead atoms. The lowest BCUT2D eigenvalue weighted by molar-refractivity contribution is 0.409. The zero-order valence-electron chi connectivity index (χ0n) is 8.72. The highest BCUT2D eigenvalue weighted by atomic mass is 32.2. The van der Waals surface area contributed by atoms with Crippen molar-refractivity contribution in [2.45, 2.75) is 25.4 Å². The molecule has 90 valence electrons. The third-order valence-corrected chi connectivity index (χ3v) is 3.56. The van der Waals surface area contributed by atoms with Crippen molar-refractivity contribution in [2.75, 3.05) is 12.3 Å². The lowest BCUT2D eigenvalue weighted by atomic mass is 10.6. The minimum atomic E-state index is -3.26. The van der Waals surface area contributed by atoms with E-state index >= 15 is 0 Å². The van der Waals surface area contributed by atoms with Gasteiger partial charge in [-0.1, -0.05) is 5.16 Å². The molecule has 8 heteroatoms. The average molecular weight is 246 g/mol. The van der Waals surface area contributed by atoms with Crippen LogP contribution >= 0.6 is 0 Å². The Labute approximate surface area is 93.7 Å². The number of aromatic nitrogens is 2. The van der Waals surface area contributed by atoms with Gasteiger partial charge in [0.2, 0.25) is 16.4 Å². The van der Waals surface area contributed by atoms with Gasteiger partial charge in [-0.15, -0.1) is 0 Å². The summed E-state index contributed by atoms with van der Waals surface area (Å²) in [6.07, 6.45) is 3.46. The van der Waals surface area contributed by atoms with Crippen molar-refractivity contribution in [2.24, 2.45) is 0 Å². The minimum absolute atomic E-state index is 0.0708. The van der Waals surface area contributed by atoms with Crippen LogP contribution in [-0.4, -0.2) is 36.9 Å². The van der Waals surface area contributed by atoms with E-state index in [1.807, 2.05) is 0 Å². The van der Waals surface area contributed by atoms with E-state index in [4.69, 9.17) is 0 Å². The molecule has 2 rings (SSSR count). The summed E-state index contributed by atoms with van der Waals surface area (Å²) in [6, 6.07) is 0.521. The zero-order chi connectivity index (χ0) is 11.4. The van der Waals surface area contributed by atoms with Gasteiger partial charge in [0, 0.05) is 12.6 Å². The normalized spacial score (nSPS) is 16.5. The average Bonchev–Trinajstić information content (AvgIpc) is 2.91. The van der Waals surface area contributed by atoms with E-state index in [0.29, 0.717) is 18.4 Å². The second-order valence-electron chi connectivity index (χ2n) is 3.72. The topological polar surface area (TPSA) is 97.1 Å². The smallest absolute Gasteiger partial charge is 0.213 e. The van der Waals surface area contributed by atoms with Gasteiger partial charge in [0.25, 0.3) is 0 Å². The first-order valence-electron chi connectivity index (χ1n) is 5.12. The Morgan fingerprint density at radius 1 is 1.50 bits per heavy atom. The van der Waals surface area contributed by atoms with E-state index in [0.717, 1.165) is 19.2 Å². The van der Waals surface area contributed by atoms with E-state index in [9.17, 15) is 8.42 Å². The van der Waals surface area contributed by atoms with Gasteiger partial charge in [-0.25, -0.2) is 13.1 Å². The summed E-state index contributed by atoms with van der Waals surface area (Å²) < 4.78 is 29.9. The van der Waals surface area contributed by atoms with Crippen LogP contribution in [0.25, 0.3) is 0 Å². The SMILES string of the molecule is O=S(=O)(CCNC1CC1)NCc1ncon1. The molecule has 1 saturated carbocycles. The fourth-order valence-corrected chi connectivity index (χ4v) is 2.08. The van der Waals surface area contributed by atoms with Crippen LogP contribution in [0.1, 0.15) is 18.7 Å². The molecule has 1 heterocycles. The maximum absolute atomic E-state index is 11.5. The van der Waals surface area contributed by atoms with Crippen molar-refractivity contribution < 1.29 is 12.9 Å². The monoisotopic (exact) mass is 246 g/mol. The highest BCUT2D eigenvalue weighted by molar-refractivity contribution is 7.89. The predicted molar refractivity (Wildman–Crippen MR) is 55.9 cm³/mol. The van der Waals surface area contributed by atoms with Gasteiger partial charge in [-0.2, -0.15) is 4.98 Å². The van der Waals surface area contributed by atoms with E-state index < -0.39 is 10.0 Å². The molecule has 1 fully saturated rings. The fourth-order valence-electron chi connectivity index (χ4n) is 1.20. The van der Waals surface area contributed by atoms with Crippen molar-refractivity contribution in [3.05, 3.63) is 12.2 Å². The third kappa shape index (κ3) is 3.87. The molecule has 16 heavy (non-hydrogen) atoms. The van der Waals surface area contributed by atoms with Crippen molar-refractivity contribution in [1.29, 1.82) is 0 Å². The molecule has 0 aliphatic heterocycles. The van der Waals surface area contributed by atoms with E-state index in [-0.39, 0.29) is 12.3 Å². The molecule has 1 aliphatic rings. The number of hydrogen-bond acceptors (Lipinski definition) is 6. The Morgan fingerprint density at radius 2 is 2.31 bits per heavy atom. The van der Waals surface area contributed by atoms with Gasteiger partial charge in [-0.05, 0) is 12.8 Å². The molecular formula is C8H14N4O3S. The summed E-state index contributed by atoms with van der Waals surface area (Å²) in [4.78, 5) is 3.72. The van der Waals surface area contributed by atoms with Crippen LogP contribution < -0.4 is 10.0 Å². The van der Waals surface area contributed by atoms with Gasteiger partial charge in [-0.3, -0.25) is 0 Å². The molecule has 0 atom stereocenters. The molecule has 0 spiro atoms. The summed E-state index contributed by atoms with van der Waals surface area (Å²) in [5.74, 6) is 0.403. The molecule has 0 aromatic carbocycles. The summed E-state index contributed by atoms with van der Waals surface area (Å²) in [5, 5.41) is 6.65. The molecule has 2 N–H and O–H groups in total. The number of nitrogens with one attached hydrogen (secondary N) is 2. The zero-order valence-corrected chi connectivity index (χ0v) is 9.53. The van der Waals surface area contributed by atoms with E-state index in [1.54, 1.807) is 0 Å². The second-order valence-corrected chi connectivity index (χ2v) is 5.64. The molecule has 1 aromatic heterocycles.